The lowest BCUT2D eigenvalue weighted by molar-refractivity contribution is 0.877. The molecule has 21 heavy (non-hydrogen) atoms. The quantitative estimate of drug-likeness (QED) is 0.456. The maximum Gasteiger partial charge on any atom is 0.164 e. The first-order valence-electron chi connectivity index (χ1n) is 6.11. The molecular weight excluding hydrogens is 441 g/mol. The molecule has 3 rings (SSSR count). The van der Waals surface area contributed by atoms with Crippen molar-refractivity contribution in [2.45, 2.75) is 12.3 Å². The third kappa shape index (κ3) is 2.84. The van der Waals surface area contributed by atoms with Crippen molar-refractivity contribution in [3.05, 3.63) is 50.3 Å². The van der Waals surface area contributed by atoms with E-state index in [1.807, 2.05) is 35.8 Å². The minimum atomic E-state index is -0.266. The van der Waals surface area contributed by atoms with Crippen LogP contribution in [0.4, 0.5) is 0 Å². The summed E-state index contributed by atoms with van der Waals surface area (Å²) in [6, 6.07) is 7.59. The Balaban J connectivity index is 2.36. The summed E-state index contributed by atoms with van der Waals surface area (Å²) in [6.45, 7) is 1.88. The van der Waals surface area contributed by atoms with E-state index in [2.05, 4.69) is 41.8 Å². The molecule has 0 bridgehead atoms. The average molecular weight is 450 g/mol. The van der Waals surface area contributed by atoms with Crippen LogP contribution in [0.3, 0.4) is 0 Å². The van der Waals surface area contributed by atoms with Crippen molar-refractivity contribution in [3.63, 3.8) is 0 Å². The molecule has 0 aliphatic heterocycles. The van der Waals surface area contributed by atoms with Crippen LogP contribution >= 0.6 is 55.1 Å². The van der Waals surface area contributed by atoms with Crippen molar-refractivity contribution in [1.82, 2.24) is 14.5 Å². The number of halogens is 4. The molecule has 0 aliphatic carbocycles. The molecule has 0 saturated carbocycles. The monoisotopic (exact) mass is 447 g/mol. The minimum Gasteiger partial charge on any atom is -0.278 e. The van der Waals surface area contributed by atoms with Crippen LogP contribution in [-0.2, 0) is 0 Å². The molecule has 108 valence electrons. The summed E-state index contributed by atoms with van der Waals surface area (Å²) < 4.78 is 3.68. The van der Waals surface area contributed by atoms with Gasteiger partial charge in [0, 0.05) is 15.1 Å². The second kappa shape index (κ2) is 5.88. The van der Waals surface area contributed by atoms with Gasteiger partial charge in [-0.3, -0.25) is 4.57 Å². The number of rotatable bonds is 2. The molecule has 1 aromatic carbocycles. The van der Waals surface area contributed by atoms with Crippen LogP contribution in [0.5, 0.6) is 0 Å². The number of pyridine rings is 1. The molecule has 0 amide bonds. The highest BCUT2D eigenvalue weighted by Crippen LogP contribution is 2.32. The Morgan fingerprint density at radius 3 is 2.62 bits per heavy atom. The second-order valence-corrected chi connectivity index (χ2v) is 7.41. The zero-order valence-electron chi connectivity index (χ0n) is 10.8. The highest BCUT2D eigenvalue weighted by atomic mass is 79.9. The molecule has 0 fully saturated rings. The van der Waals surface area contributed by atoms with E-state index in [4.69, 9.17) is 23.2 Å². The van der Waals surface area contributed by atoms with Gasteiger partial charge in [-0.05, 0) is 47.1 Å². The number of nitrogens with zero attached hydrogens (tertiary/aromatic N) is 3. The number of alkyl halides is 1. The predicted octanol–water partition coefficient (Wildman–Crippen LogP) is 5.90. The summed E-state index contributed by atoms with van der Waals surface area (Å²) in [5, 5.41) is 0.338. The fraction of sp³-hybridized carbons (Fsp3) is 0.143. The van der Waals surface area contributed by atoms with E-state index in [0.29, 0.717) is 10.8 Å². The molecule has 3 aromatic rings. The summed E-state index contributed by atoms with van der Waals surface area (Å²) in [5.74, 6) is 0.710. The minimum absolute atomic E-state index is 0.266. The van der Waals surface area contributed by atoms with Crippen molar-refractivity contribution in [1.29, 1.82) is 0 Å². The first kappa shape index (κ1) is 15.3. The van der Waals surface area contributed by atoms with E-state index in [9.17, 15) is 0 Å². The molecule has 3 nitrogen and oxygen atoms in total. The van der Waals surface area contributed by atoms with Crippen LogP contribution < -0.4 is 0 Å². The SMILES string of the molecule is CC(Cl)c1nc2cc(Br)cnc2n1-c1ccc(Br)cc1Cl. The van der Waals surface area contributed by atoms with Gasteiger partial charge in [0.25, 0.3) is 0 Å². The lowest BCUT2D eigenvalue weighted by atomic mass is 10.3. The van der Waals surface area contributed by atoms with Gasteiger partial charge in [0.15, 0.2) is 5.65 Å². The predicted molar refractivity (Wildman–Crippen MR) is 93.5 cm³/mol. The molecule has 0 saturated heterocycles. The van der Waals surface area contributed by atoms with Crippen LogP contribution in [0.2, 0.25) is 5.02 Å². The number of hydrogen-bond donors (Lipinski definition) is 0. The van der Waals surface area contributed by atoms with Crippen LogP contribution in [0.25, 0.3) is 16.9 Å². The van der Waals surface area contributed by atoms with E-state index in [0.717, 1.165) is 25.8 Å². The van der Waals surface area contributed by atoms with E-state index in [1.165, 1.54) is 0 Å². The van der Waals surface area contributed by atoms with Crippen molar-refractivity contribution in [3.8, 4) is 5.69 Å². The maximum atomic E-state index is 6.37. The zero-order chi connectivity index (χ0) is 15.1. The molecule has 0 spiro atoms. The third-order valence-corrected chi connectivity index (χ3v) is 4.42. The molecule has 2 aromatic heterocycles. The van der Waals surface area contributed by atoms with Gasteiger partial charge in [-0.2, -0.15) is 0 Å². The van der Waals surface area contributed by atoms with E-state index in [-0.39, 0.29) is 5.38 Å². The Hall–Kier alpha value is -0.620. The van der Waals surface area contributed by atoms with Crippen LogP contribution in [-0.4, -0.2) is 14.5 Å². The largest absolute Gasteiger partial charge is 0.278 e. The molecule has 7 heteroatoms. The number of imidazole rings is 1. The van der Waals surface area contributed by atoms with Gasteiger partial charge < -0.3 is 0 Å². The first-order chi connectivity index (χ1) is 9.97. The van der Waals surface area contributed by atoms with Crippen molar-refractivity contribution in [2.75, 3.05) is 0 Å². The summed E-state index contributed by atoms with van der Waals surface area (Å²) in [4.78, 5) is 9.03. The summed E-state index contributed by atoms with van der Waals surface area (Å²) in [6.07, 6.45) is 1.73. The summed E-state index contributed by atoms with van der Waals surface area (Å²) in [7, 11) is 0. The molecule has 0 aliphatic rings. The molecule has 2 heterocycles. The fourth-order valence-corrected chi connectivity index (χ4v) is 3.35. The van der Waals surface area contributed by atoms with Gasteiger partial charge in [0.05, 0.1) is 16.1 Å². The Kier molecular flexibility index (Phi) is 4.28. The van der Waals surface area contributed by atoms with Gasteiger partial charge in [-0.15, -0.1) is 11.6 Å². The molecule has 0 N–H and O–H groups in total. The average Bonchev–Trinajstić information content (AvgIpc) is 2.77. The molecule has 1 unspecified atom stereocenters. The standard InChI is InChI=1S/C14H9Br2Cl2N3/c1-7(17)13-20-11-5-9(16)6-19-14(11)21(13)12-3-2-8(15)4-10(12)18/h2-7H,1H3. The molecule has 1 atom stereocenters. The van der Waals surface area contributed by atoms with E-state index < -0.39 is 0 Å². The summed E-state index contributed by atoms with van der Waals surface area (Å²) in [5.41, 5.74) is 2.30. The normalized spacial score (nSPS) is 12.8. The topological polar surface area (TPSA) is 30.7 Å². The lowest BCUT2D eigenvalue weighted by Crippen LogP contribution is -2.03. The number of aromatic nitrogens is 3. The van der Waals surface area contributed by atoms with Gasteiger partial charge in [0.2, 0.25) is 0 Å². The Morgan fingerprint density at radius 1 is 1.19 bits per heavy atom. The number of fused-ring (bicyclic) bond motifs is 1. The van der Waals surface area contributed by atoms with Crippen LogP contribution in [0.1, 0.15) is 18.1 Å². The fourth-order valence-electron chi connectivity index (χ4n) is 2.12. The molecule has 0 radical (unpaired) electrons. The highest BCUT2D eigenvalue weighted by molar-refractivity contribution is 9.10. The Bertz CT molecular complexity index is 830. The number of hydrogen-bond acceptors (Lipinski definition) is 2. The van der Waals surface area contributed by atoms with Gasteiger partial charge in [0.1, 0.15) is 11.3 Å². The van der Waals surface area contributed by atoms with Crippen molar-refractivity contribution in [2.24, 2.45) is 0 Å². The highest BCUT2D eigenvalue weighted by Gasteiger charge is 2.19. The molecular formula is C14H9Br2Cl2N3. The smallest absolute Gasteiger partial charge is 0.164 e. The van der Waals surface area contributed by atoms with E-state index in [1.54, 1.807) is 6.20 Å². The Morgan fingerprint density at radius 2 is 1.95 bits per heavy atom. The zero-order valence-corrected chi connectivity index (χ0v) is 15.5. The maximum absolute atomic E-state index is 6.37. The lowest BCUT2D eigenvalue weighted by Gasteiger charge is -2.12. The summed E-state index contributed by atoms with van der Waals surface area (Å²) >= 11 is 19.5. The van der Waals surface area contributed by atoms with Gasteiger partial charge >= 0.3 is 0 Å². The second-order valence-electron chi connectivity index (χ2n) is 4.51. The van der Waals surface area contributed by atoms with Crippen LogP contribution in [0, 0.1) is 0 Å². The van der Waals surface area contributed by atoms with Crippen molar-refractivity contribution < 1.29 is 0 Å². The number of benzene rings is 1. The third-order valence-electron chi connectivity index (χ3n) is 3.00. The van der Waals surface area contributed by atoms with Crippen molar-refractivity contribution >= 4 is 66.2 Å². The van der Waals surface area contributed by atoms with Gasteiger partial charge in [-0.1, -0.05) is 27.5 Å². The first-order valence-corrected chi connectivity index (χ1v) is 8.51. The Labute approximate surface area is 148 Å². The van der Waals surface area contributed by atoms with Gasteiger partial charge in [-0.25, -0.2) is 9.97 Å². The van der Waals surface area contributed by atoms with Crippen LogP contribution in [0.15, 0.2) is 39.4 Å². The van der Waals surface area contributed by atoms with E-state index >= 15 is 0 Å².